The Morgan fingerprint density at radius 2 is 1.96 bits per heavy atom. The number of methoxy groups -OCH3 is 1. The molecule has 0 atom stereocenters. The third kappa shape index (κ3) is 3.18. The number of aromatic amines is 1. The van der Waals surface area contributed by atoms with E-state index in [2.05, 4.69) is 4.98 Å². The SMILES string of the molecule is CCOC(=O)C=C(c1ccccc1)c1cc(OC)cc2[nH]ccc12. The summed E-state index contributed by atoms with van der Waals surface area (Å²) in [4.78, 5) is 15.3. The summed E-state index contributed by atoms with van der Waals surface area (Å²) in [6, 6.07) is 15.7. The molecule has 1 heterocycles. The topological polar surface area (TPSA) is 51.3 Å². The standard InChI is InChI=1S/C20H19NO3/c1-3-24-20(22)13-17(14-7-5-4-6-8-14)18-11-15(23-2)12-19-16(18)9-10-21-19/h4-13,21H,3H2,1-2H3. The van der Waals surface area contributed by atoms with E-state index in [0.29, 0.717) is 6.61 Å². The molecule has 0 saturated carbocycles. The number of hydrogen-bond donors (Lipinski definition) is 1. The lowest BCUT2D eigenvalue weighted by atomic mass is 9.94. The van der Waals surface area contributed by atoms with Crippen LogP contribution in [0.1, 0.15) is 18.1 Å². The molecule has 0 amide bonds. The monoisotopic (exact) mass is 321 g/mol. The predicted octanol–water partition coefficient (Wildman–Crippen LogP) is 4.17. The lowest BCUT2D eigenvalue weighted by Crippen LogP contribution is -2.02. The van der Waals surface area contributed by atoms with Crippen molar-refractivity contribution in [2.45, 2.75) is 6.92 Å². The zero-order chi connectivity index (χ0) is 16.9. The Balaban J connectivity index is 2.23. The fourth-order valence-electron chi connectivity index (χ4n) is 2.72. The lowest BCUT2D eigenvalue weighted by Gasteiger charge is -2.12. The number of carbonyl (C=O) groups is 1. The maximum Gasteiger partial charge on any atom is 0.331 e. The Morgan fingerprint density at radius 1 is 1.17 bits per heavy atom. The van der Waals surface area contributed by atoms with Crippen LogP contribution >= 0.6 is 0 Å². The number of esters is 1. The van der Waals surface area contributed by atoms with E-state index >= 15 is 0 Å². The third-order valence-corrected chi connectivity index (χ3v) is 3.80. The zero-order valence-corrected chi connectivity index (χ0v) is 13.7. The molecule has 3 aromatic rings. The van der Waals surface area contributed by atoms with Gasteiger partial charge in [0.25, 0.3) is 0 Å². The van der Waals surface area contributed by atoms with E-state index in [4.69, 9.17) is 9.47 Å². The number of benzene rings is 2. The summed E-state index contributed by atoms with van der Waals surface area (Å²) < 4.78 is 10.5. The molecule has 0 saturated heterocycles. The molecule has 122 valence electrons. The van der Waals surface area contributed by atoms with Crippen LogP contribution in [0.4, 0.5) is 0 Å². The van der Waals surface area contributed by atoms with Crippen molar-refractivity contribution >= 4 is 22.4 Å². The minimum absolute atomic E-state index is 0.342. The highest BCUT2D eigenvalue weighted by molar-refractivity contribution is 6.03. The van der Waals surface area contributed by atoms with Crippen LogP contribution in [0.15, 0.2) is 60.8 Å². The Kier molecular flexibility index (Phi) is 4.66. The molecule has 1 N–H and O–H groups in total. The van der Waals surface area contributed by atoms with Gasteiger partial charge in [0.05, 0.1) is 13.7 Å². The molecule has 0 radical (unpaired) electrons. The molecule has 0 aliphatic heterocycles. The molecule has 0 unspecified atom stereocenters. The van der Waals surface area contributed by atoms with Crippen LogP contribution in [0.25, 0.3) is 16.5 Å². The molecule has 1 aromatic heterocycles. The summed E-state index contributed by atoms with van der Waals surface area (Å²) in [7, 11) is 1.63. The van der Waals surface area contributed by atoms with Crippen LogP contribution in [0.2, 0.25) is 0 Å². The number of ether oxygens (including phenoxy) is 2. The summed E-state index contributed by atoms with van der Waals surface area (Å²) in [6.07, 6.45) is 3.42. The summed E-state index contributed by atoms with van der Waals surface area (Å²) in [5.74, 6) is 0.369. The third-order valence-electron chi connectivity index (χ3n) is 3.80. The number of rotatable bonds is 5. The second kappa shape index (κ2) is 7.04. The number of nitrogens with one attached hydrogen (secondary N) is 1. The Hall–Kier alpha value is -3.01. The van der Waals surface area contributed by atoms with Crippen LogP contribution in [-0.2, 0) is 9.53 Å². The van der Waals surface area contributed by atoms with E-state index in [1.807, 2.05) is 54.7 Å². The number of aromatic nitrogens is 1. The van der Waals surface area contributed by atoms with Crippen LogP contribution in [-0.4, -0.2) is 24.7 Å². The highest BCUT2D eigenvalue weighted by atomic mass is 16.5. The first kappa shape index (κ1) is 15.9. The normalized spacial score (nSPS) is 11.5. The van der Waals surface area contributed by atoms with Crippen molar-refractivity contribution in [1.82, 2.24) is 4.98 Å². The van der Waals surface area contributed by atoms with Crippen molar-refractivity contribution in [3.63, 3.8) is 0 Å². The molecule has 2 aromatic carbocycles. The molecule has 0 aliphatic rings. The second-order valence-electron chi connectivity index (χ2n) is 5.29. The molecule has 0 spiro atoms. The van der Waals surface area contributed by atoms with E-state index < -0.39 is 0 Å². The molecule has 0 aliphatic carbocycles. The number of carbonyl (C=O) groups excluding carboxylic acids is 1. The fraction of sp³-hybridized carbons (Fsp3) is 0.150. The minimum atomic E-state index is -0.358. The van der Waals surface area contributed by atoms with Gasteiger partial charge in [-0.1, -0.05) is 30.3 Å². The molecule has 4 nitrogen and oxygen atoms in total. The van der Waals surface area contributed by atoms with E-state index in [9.17, 15) is 4.79 Å². The van der Waals surface area contributed by atoms with Gasteiger partial charge in [-0.05, 0) is 35.8 Å². The average Bonchev–Trinajstić information content (AvgIpc) is 3.08. The zero-order valence-electron chi connectivity index (χ0n) is 13.7. The first-order valence-electron chi connectivity index (χ1n) is 7.82. The van der Waals surface area contributed by atoms with Gasteiger partial charge in [-0.2, -0.15) is 0 Å². The van der Waals surface area contributed by atoms with Gasteiger partial charge in [-0.25, -0.2) is 4.79 Å². The number of hydrogen-bond acceptors (Lipinski definition) is 3. The average molecular weight is 321 g/mol. The van der Waals surface area contributed by atoms with Crippen molar-refractivity contribution in [2.24, 2.45) is 0 Å². The number of fused-ring (bicyclic) bond motifs is 1. The smallest absolute Gasteiger partial charge is 0.331 e. The molecule has 24 heavy (non-hydrogen) atoms. The van der Waals surface area contributed by atoms with Crippen LogP contribution in [0.5, 0.6) is 5.75 Å². The van der Waals surface area contributed by atoms with Gasteiger partial charge >= 0.3 is 5.97 Å². The van der Waals surface area contributed by atoms with Crippen molar-refractivity contribution in [3.8, 4) is 5.75 Å². The van der Waals surface area contributed by atoms with Gasteiger partial charge in [-0.3, -0.25) is 0 Å². The summed E-state index contributed by atoms with van der Waals surface area (Å²) in [5.41, 5.74) is 3.62. The molecule has 0 bridgehead atoms. The summed E-state index contributed by atoms with van der Waals surface area (Å²) in [5, 5.41) is 1.02. The molecule has 3 rings (SSSR count). The van der Waals surface area contributed by atoms with E-state index in [1.165, 1.54) is 0 Å². The Morgan fingerprint density at radius 3 is 2.67 bits per heavy atom. The van der Waals surface area contributed by atoms with Crippen molar-refractivity contribution in [1.29, 1.82) is 0 Å². The van der Waals surface area contributed by atoms with Crippen LogP contribution < -0.4 is 4.74 Å². The van der Waals surface area contributed by atoms with Gasteiger partial charge in [0.2, 0.25) is 0 Å². The van der Waals surface area contributed by atoms with Gasteiger partial charge < -0.3 is 14.5 Å². The molecular weight excluding hydrogens is 302 g/mol. The van der Waals surface area contributed by atoms with E-state index in [0.717, 1.165) is 33.4 Å². The maximum absolute atomic E-state index is 12.1. The van der Waals surface area contributed by atoms with Crippen LogP contribution in [0, 0.1) is 0 Å². The Bertz CT molecular complexity index is 878. The molecular formula is C20H19NO3. The first-order chi connectivity index (χ1) is 11.7. The van der Waals surface area contributed by atoms with Crippen LogP contribution in [0.3, 0.4) is 0 Å². The lowest BCUT2D eigenvalue weighted by molar-refractivity contribution is -0.137. The van der Waals surface area contributed by atoms with Gasteiger partial charge in [0.15, 0.2) is 0 Å². The summed E-state index contributed by atoms with van der Waals surface area (Å²) in [6.45, 7) is 2.14. The minimum Gasteiger partial charge on any atom is -0.497 e. The second-order valence-corrected chi connectivity index (χ2v) is 5.29. The fourth-order valence-corrected chi connectivity index (χ4v) is 2.72. The molecule has 4 heteroatoms. The van der Waals surface area contributed by atoms with E-state index in [1.54, 1.807) is 20.1 Å². The maximum atomic E-state index is 12.1. The van der Waals surface area contributed by atoms with Crippen molar-refractivity contribution < 1.29 is 14.3 Å². The Labute approximate surface area is 140 Å². The van der Waals surface area contributed by atoms with Gasteiger partial charge in [-0.15, -0.1) is 0 Å². The first-order valence-corrected chi connectivity index (χ1v) is 7.82. The van der Waals surface area contributed by atoms with Crippen molar-refractivity contribution in [2.75, 3.05) is 13.7 Å². The van der Waals surface area contributed by atoms with Gasteiger partial charge in [0.1, 0.15) is 5.75 Å². The largest absolute Gasteiger partial charge is 0.497 e. The highest BCUT2D eigenvalue weighted by Gasteiger charge is 2.14. The van der Waals surface area contributed by atoms with Gasteiger partial charge in [0, 0.05) is 29.2 Å². The number of H-pyrrole nitrogens is 1. The quantitative estimate of drug-likeness (QED) is 0.567. The van der Waals surface area contributed by atoms with Crippen molar-refractivity contribution in [3.05, 3.63) is 71.9 Å². The van der Waals surface area contributed by atoms with E-state index in [-0.39, 0.29) is 5.97 Å². The summed E-state index contributed by atoms with van der Waals surface area (Å²) >= 11 is 0. The molecule has 0 fully saturated rings. The predicted molar refractivity (Wildman–Crippen MR) is 95.0 cm³/mol. The highest BCUT2D eigenvalue weighted by Crippen LogP contribution is 2.33.